The van der Waals surface area contributed by atoms with E-state index < -0.39 is 11.7 Å². The summed E-state index contributed by atoms with van der Waals surface area (Å²) in [5.41, 5.74) is 1.41. The summed E-state index contributed by atoms with van der Waals surface area (Å²) in [5, 5.41) is 7.66. The molecule has 1 aromatic carbocycles. The Kier molecular flexibility index (Phi) is 6.71. The molecule has 1 fully saturated rings. The monoisotopic (exact) mass is 590 g/mol. The molecule has 4 aromatic heterocycles. The molecule has 0 aliphatic carbocycles. The van der Waals surface area contributed by atoms with Crippen molar-refractivity contribution in [2.24, 2.45) is 7.05 Å². The summed E-state index contributed by atoms with van der Waals surface area (Å²) < 4.78 is 50.6. The van der Waals surface area contributed by atoms with Crippen LogP contribution in [0.3, 0.4) is 0 Å². The normalized spacial score (nSPS) is 15.3. The van der Waals surface area contributed by atoms with E-state index in [1.807, 2.05) is 7.05 Å². The van der Waals surface area contributed by atoms with E-state index >= 15 is 0 Å². The number of aryl methyl sites for hydroxylation is 1. The number of pyridine rings is 1. The molecule has 0 spiro atoms. The number of fused-ring (bicyclic) bond motifs is 2. The highest BCUT2D eigenvalue weighted by Crippen LogP contribution is 2.39. The highest BCUT2D eigenvalue weighted by Gasteiger charge is 2.32. The van der Waals surface area contributed by atoms with E-state index in [-0.39, 0.29) is 33.5 Å². The van der Waals surface area contributed by atoms with E-state index in [0.29, 0.717) is 28.0 Å². The van der Waals surface area contributed by atoms with E-state index in [1.165, 1.54) is 29.2 Å². The summed E-state index contributed by atoms with van der Waals surface area (Å²) in [6, 6.07) is 4.10. The number of hydrogen-bond donors (Lipinski definition) is 1. The van der Waals surface area contributed by atoms with Crippen molar-refractivity contribution in [2.45, 2.75) is 24.9 Å². The van der Waals surface area contributed by atoms with Crippen LogP contribution >= 0.6 is 23.2 Å². The van der Waals surface area contributed by atoms with Gasteiger partial charge in [-0.25, -0.2) is 14.5 Å². The Morgan fingerprint density at radius 1 is 1.00 bits per heavy atom. The van der Waals surface area contributed by atoms with Crippen LogP contribution in [0.25, 0.3) is 16.7 Å². The highest BCUT2D eigenvalue weighted by molar-refractivity contribution is 6.36. The second-order valence-corrected chi connectivity index (χ2v) is 10.5. The van der Waals surface area contributed by atoms with E-state index in [0.717, 1.165) is 32.0 Å². The molecule has 14 heteroatoms. The van der Waals surface area contributed by atoms with Gasteiger partial charge in [0, 0.05) is 25.1 Å². The maximum atomic E-state index is 13.8. The summed E-state index contributed by atoms with van der Waals surface area (Å²) in [4.78, 5) is 15.1. The minimum Gasteiger partial charge on any atom is -0.450 e. The van der Waals surface area contributed by atoms with Gasteiger partial charge in [0.15, 0.2) is 22.3 Å². The molecule has 6 rings (SSSR count). The number of hydrogen-bond acceptors (Lipinski definition) is 7. The average molecular weight is 591 g/mol. The molecule has 1 aliphatic rings. The average Bonchev–Trinajstić information content (AvgIpc) is 3.47. The molecule has 0 saturated carbocycles. The second-order valence-electron chi connectivity index (χ2n) is 9.77. The van der Waals surface area contributed by atoms with Gasteiger partial charge in [0.25, 0.3) is 0 Å². The van der Waals surface area contributed by atoms with Gasteiger partial charge in [0.2, 0.25) is 5.95 Å². The Morgan fingerprint density at radius 3 is 2.52 bits per heavy atom. The van der Waals surface area contributed by atoms with E-state index in [4.69, 9.17) is 27.9 Å². The van der Waals surface area contributed by atoms with Gasteiger partial charge in [-0.3, -0.25) is 0 Å². The van der Waals surface area contributed by atoms with Gasteiger partial charge >= 0.3 is 6.18 Å². The predicted octanol–water partition coefficient (Wildman–Crippen LogP) is 6.68. The quantitative estimate of drug-likeness (QED) is 0.244. The number of rotatable bonds is 5. The standard InChI is InChI=1S/C26H23Cl2F3N8O/c1-37-6-3-14(4-7-37)15-9-16(26(29,30)31)11-17(10-15)35-25-36-24-22(38(25)2)20(27)18(12-33-24)40-19-13-34-39-8-5-32-23(28)21(19)39/h5,8-14H,3-4,6-7H2,1-2H3,(H,33,35,36). The molecule has 0 radical (unpaired) electrons. The van der Waals surface area contributed by atoms with Crippen LogP contribution in [-0.4, -0.2) is 54.2 Å². The molecule has 1 saturated heterocycles. The largest absolute Gasteiger partial charge is 0.450 e. The molecule has 0 amide bonds. The first-order valence-corrected chi connectivity index (χ1v) is 13.2. The third-order valence-corrected chi connectivity index (χ3v) is 7.75. The zero-order chi connectivity index (χ0) is 28.2. The predicted molar refractivity (Wildman–Crippen MR) is 146 cm³/mol. The Labute approximate surface area is 236 Å². The first-order valence-electron chi connectivity index (χ1n) is 12.4. The first-order chi connectivity index (χ1) is 19.1. The Hall–Kier alpha value is -3.61. The maximum Gasteiger partial charge on any atom is 0.416 e. The molecule has 0 atom stereocenters. The summed E-state index contributed by atoms with van der Waals surface area (Å²) in [5.74, 6) is 0.867. The number of benzene rings is 1. The van der Waals surface area contributed by atoms with Crippen LogP contribution in [0.4, 0.5) is 24.8 Å². The van der Waals surface area contributed by atoms with Crippen LogP contribution in [0.2, 0.25) is 10.2 Å². The Balaban J connectivity index is 1.34. The topological polar surface area (TPSA) is 85.4 Å². The van der Waals surface area contributed by atoms with Crippen LogP contribution in [0.15, 0.2) is 43.0 Å². The molecule has 40 heavy (non-hydrogen) atoms. The summed E-state index contributed by atoms with van der Waals surface area (Å²) >= 11 is 12.9. The maximum absolute atomic E-state index is 13.8. The van der Waals surface area contributed by atoms with Crippen molar-refractivity contribution >= 4 is 51.5 Å². The van der Waals surface area contributed by atoms with Gasteiger partial charge in [0.05, 0.1) is 18.0 Å². The third kappa shape index (κ3) is 4.91. The molecule has 0 bridgehead atoms. The SMILES string of the molecule is CN1CCC(c2cc(Nc3nc4ncc(Oc5cnn6ccnc(Cl)c56)c(Cl)c4n3C)cc(C(F)(F)F)c2)CC1. The molecule has 1 aliphatic heterocycles. The van der Waals surface area contributed by atoms with E-state index in [2.05, 4.69) is 30.3 Å². The van der Waals surface area contributed by atoms with Crippen molar-refractivity contribution < 1.29 is 17.9 Å². The smallest absolute Gasteiger partial charge is 0.416 e. The fourth-order valence-corrected chi connectivity index (χ4v) is 5.50. The number of likely N-dealkylation sites (tertiary alicyclic amines) is 1. The summed E-state index contributed by atoms with van der Waals surface area (Å²) in [6.45, 7) is 1.67. The number of alkyl halides is 3. The van der Waals surface area contributed by atoms with Crippen LogP contribution in [0.5, 0.6) is 11.5 Å². The number of nitrogens with zero attached hydrogens (tertiary/aromatic N) is 7. The zero-order valence-corrected chi connectivity index (χ0v) is 22.9. The van der Waals surface area contributed by atoms with Gasteiger partial charge in [0.1, 0.15) is 16.1 Å². The molecular formula is C26H23Cl2F3N8O. The number of halogens is 5. The molecule has 1 N–H and O–H groups in total. The number of piperidine rings is 1. The molecule has 5 aromatic rings. The van der Waals surface area contributed by atoms with Crippen molar-refractivity contribution in [2.75, 3.05) is 25.5 Å². The third-order valence-electron chi connectivity index (χ3n) is 7.11. The molecular weight excluding hydrogens is 568 g/mol. The Morgan fingerprint density at radius 2 is 1.77 bits per heavy atom. The van der Waals surface area contributed by atoms with Gasteiger partial charge < -0.3 is 19.5 Å². The lowest BCUT2D eigenvalue weighted by Crippen LogP contribution is -2.29. The Bertz CT molecular complexity index is 1730. The van der Waals surface area contributed by atoms with Crippen molar-refractivity contribution in [3.05, 3.63) is 64.3 Å². The minimum absolute atomic E-state index is 0.0407. The number of ether oxygens (including phenoxy) is 1. The minimum atomic E-state index is -4.49. The summed E-state index contributed by atoms with van der Waals surface area (Å²) in [6.07, 6.45) is 3.13. The second kappa shape index (κ2) is 10.1. The zero-order valence-electron chi connectivity index (χ0n) is 21.4. The number of nitrogens with one attached hydrogen (secondary N) is 1. The van der Waals surface area contributed by atoms with E-state index in [9.17, 15) is 13.2 Å². The van der Waals surface area contributed by atoms with Crippen LogP contribution < -0.4 is 10.1 Å². The van der Waals surface area contributed by atoms with E-state index in [1.54, 1.807) is 23.9 Å². The summed E-state index contributed by atoms with van der Waals surface area (Å²) in [7, 11) is 3.71. The fraction of sp³-hybridized carbons (Fsp3) is 0.308. The highest BCUT2D eigenvalue weighted by atomic mass is 35.5. The van der Waals surface area contributed by atoms with Crippen LogP contribution in [0, 0.1) is 0 Å². The van der Waals surface area contributed by atoms with Crippen molar-refractivity contribution in [1.82, 2.24) is 34.0 Å². The number of aromatic nitrogens is 6. The lowest BCUT2D eigenvalue weighted by molar-refractivity contribution is -0.137. The van der Waals surface area contributed by atoms with Gasteiger partial charge in [-0.15, -0.1) is 0 Å². The van der Waals surface area contributed by atoms with Gasteiger partial charge in [-0.2, -0.15) is 23.3 Å². The van der Waals surface area contributed by atoms with Gasteiger partial charge in [-0.1, -0.05) is 23.2 Å². The fourth-order valence-electron chi connectivity index (χ4n) is 4.96. The van der Waals surface area contributed by atoms with Crippen molar-refractivity contribution in [3.8, 4) is 11.5 Å². The van der Waals surface area contributed by atoms with Crippen molar-refractivity contribution in [3.63, 3.8) is 0 Å². The lowest BCUT2D eigenvalue weighted by Gasteiger charge is -2.29. The molecule has 0 unspecified atom stereocenters. The molecule has 5 heterocycles. The first kappa shape index (κ1) is 26.6. The number of anilines is 2. The van der Waals surface area contributed by atoms with Gasteiger partial charge in [-0.05, 0) is 62.7 Å². The van der Waals surface area contributed by atoms with Crippen LogP contribution in [-0.2, 0) is 13.2 Å². The molecule has 9 nitrogen and oxygen atoms in total. The lowest BCUT2D eigenvalue weighted by atomic mass is 9.88. The van der Waals surface area contributed by atoms with Crippen LogP contribution in [0.1, 0.15) is 29.9 Å². The van der Waals surface area contributed by atoms with Crippen molar-refractivity contribution in [1.29, 1.82) is 0 Å². The number of imidazole rings is 1. The molecule has 208 valence electrons.